The number of hydrogen-bond donors (Lipinski definition) is 2. The summed E-state index contributed by atoms with van der Waals surface area (Å²) < 4.78 is 28.6. The van der Waals surface area contributed by atoms with Gasteiger partial charge in [-0.3, -0.25) is 10.1 Å². The first-order valence-electron chi connectivity index (χ1n) is 14.5. The molecule has 44 heavy (non-hydrogen) atoms. The first-order valence-corrected chi connectivity index (χ1v) is 14.9. The molecule has 0 aliphatic carbocycles. The third-order valence-electron chi connectivity index (χ3n) is 8.51. The fraction of sp³-hybridized carbons (Fsp3) is 0.531. The summed E-state index contributed by atoms with van der Waals surface area (Å²) in [5, 5.41) is 14.3. The van der Waals surface area contributed by atoms with E-state index in [1.54, 1.807) is 45.2 Å². The SMILES string of the molecule is CC=CC(=O)OC1CC(=O)N(C)c2cc(cc(OC)c2Cl)C/C(C)=C/C=C/C(OC)C2(O)CC(OC(=O)N2)C(C)C2OC12C. The molecule has 0 spiro atoms. The van der Waals surface area contributed by atoms with Gasteiger partial charge < -0.3 is 33.7 Å². The van der Waals surface area contributed by atoms with Crippen LogP contribution < -0.4 is 15.0 Å². The van der Waals surface area contributed by atoms with Gasteiger partial charge in [0.05, 0.1) is 25.3 Å². The molecular formula is C32H41ClN2O9. The summed E-state index contributed by atoms with van der Waals surface area (Å²) in [6.45, 7) is 7.19. The topological polar surface area (TPSA) is 136 Å². The highest BCUT2D eigenvalue weighted by Crippen LogP contribution is 2.49. The van der Waals surface area contributed by atoms with Gasteiger partial charge in [-0.25, -0.2) is 9.59 Å². The highest BCUT2D eigenvalue weighted by molar-refractivity contribution is 6.35. The van der Waals surface area contributed by atoms with Crippen molar-refractivity contribution in [1.82, 2.24) is 5.32 Å². The van der Waals surface area contributed by atoms with Crippen LogP contribution >= 0.6 is 11.6 Å². The second-order valence-electron chi connectivity index (χ2n) is 11.7. The number of rotatable bonds is 4. The normalized spacial score (nSPS) is 34.7. The molecule has 3 aliphatic heterocycles. The van der Waals surface area contributed by atoms with E-state index in [1.807, 2.05) is 26.0 Å². The summed E-state index contributed by atoms with van der Waals surface area (Å²) in [7, 11) is 4.54. The molecule has 4 rings (SSSR count). The number of carbonyl (C=O) groups excluding carboxylic acids is 3. The van der Waals surface area contributed by atoms with Gasteiger partial charge in [-0.1, -0.05) is 48.4 Å². The number of allylic oxidation sites excluding steroid dienone is 4. The van der Waals surface area contributed by atoms with Crippen molar-refractivity contribution in [2.24, 2.45) is 5.92 Å². The fourth-order valence-corrected chi connectivity index (χ4v) is 6.23. The predicted molar refractivity (Wildman–Crippen MR) is 164 cm³/mol. The van der Waals surface area contributed by atoms with Crippen LogP contribution in [0.1, 0.15) is 46.1 Å². The molecular weight excluding hydrogens is 592 g/mol. The van der Waals surface area contributed by atoms with Crippen LogP contribution in [0.2, 0.25) is 5.02 Å². The molecule has 7 atom stereocenters. The quantitative estimate of drug-likeness (QED) is 0.284. The number of methoxy groups -OCH3 is 2. The zero-order valence-corrected chi connectivity index (χ0v) is 26.8. The van der Waals surface area contributed by atoms with Crippen molar-refractivity contribution >= 4 is 35.3 Å². The van der Waals surface area contributed by atoms with Gasteiger partial charge in [-0.05, 0) is 44.9 Å². The zero-order chi connectivity index (χ0) is 32.4. The summed E-state index contributed by atoms with van der Waals surface area (Å²) in [5.41, 5.74) is -0.634. The lowest BCUT2D eigenvalue weighted by Crippen LogP contribution is -2.63. The second-order valence-corrected chi connectivity index (χ2v) is 12.1. The van der Waals surface area contributed by atoms with Crippen molar-refractivity contribution in [2.75, 3.05) is 26.2 Å². The smallest absolute Gasteiger partial charge is 0.409 e. The Morgan fingerprint density at radius 3 is 2.66 bits per heavy atom. The summed E-state index contributed by atoms with van der Waals surface area (Å²) in [6, 6.07) is 3.62. The maximum atomic E-state index is 13.8. The van der Waals surface area contributed by atoms with Gasteiger partial charge in [-0.2, -0.15) is 0 Å². The Morgan fingerprint density at radius 2 is 2.00 bits per heavy atom. The molecule has 1 aromatic carbocycles. The Balaban J connectivity index is 1.80. The van der Waals surface area contributed by atoms with Gasteiger partial charge in [0.2, 0.25) is 5.91 Å². The number of halogens is 1. The molecule has 7 unspecified atom stereocenters. The monoisotopic (exact) mass is 632 g/mol. The van der Waals surface area contributed by atoms with Gasteiger partial charge in [0, 0.05) is 32.6 Å². The third-order valence-corrected chi connectivity index (χ3v) is 8.89. The highest BCUT2D eigenvalue weighted by Gasteiger charge is 2.64. The number of aliphatic hydroxyl groups is 1. The Kier molecular flexibility index (Phi) is 10.1. The van der Waals surface area contributed by atoms with E-state index < -0.39 is 53.7 Å². The van der Waals surface area contributed by atoms with Crippen molar-refractivity contribution in [2.45, 2.75) is 82.7 Å². The van der Waals surface area contributed by atoms with Gasteiger partial charge in [0.25, 0.3) is 0 Å². The summed E-state index contributed by atoms with van der Waals surface area (Å²) in [4.78, 5) is 40.5. The number of fused-ring (bicyclic) bond motifs is 5. The lowest BCUT2D eigenvalue weighted by molar-refractivity contribution is -0.148. The first kappa shape index (κ1) is 33.5. The number of epoxide rings is 1. The van der Waals surface area contributed by atoms with E-state index in [4.69, 9.17) is 35.3 Å². The minimum absolute atomic E-state index is 0.00376. The Labute approximate surface area is 262 Å². The van der Waals surface area contributed by atoms with Crippen molar-refractivity contribution in [3.8, 4) is 5.75 Å². The molecule has 3 heterocycles. The third kappa shape index (κ3) is 6.96. The number of nitrogens with one attached hydrogen (secondary N) is 1. The standard InChI is InChI=1S/C32H41ClN2O9/c1-8-10-27(37)43-25-16-26(36)35(5)21-14-20(15-22(40-6)28(21)33)13-18(2)11-9-12-24(41-7)32(39)17-23(42-30(38)34-32)19(3)29-31(25,4)44-29/h8-12,14-15,19,23-25,29,39H,13,16-17H2,1-7H3,(H,34,38)/b10-8?,12-9+,18-11+. The first-order chi connectivity index (χ1) is 20.8. The van der Waals surface area contributed by atoms with Crippen LogP contribution in [0, 0.1) is 5.92 Å². The van der Waals surface area contributed by atoms with E-state index in [0.717, 1.165) is 11.1 Å². The Bertz CT molecular complexity index is 1380. The molecule has 4 bridgehead atoms. The molecule has 2 fully saturated rings. The molecule has 1 aromatic rings. The molecule has 2 amide bonds. The summed E-state index contributed by atoms with van der Waals surface area (Å²) >= 11 is 6.67. The predicted octanol–water partition coefficient (Wildman–Crippen LogP) is 4.24. The van der Waals surface area contributed by atoms with Gasteiger partial charge >= 0.3 is 12.1 Å². The number of ether oxygens (including phenoxy) is 5. The summed E-state index contributed by atoms with van der Waals surface area (Å²) in [6.07, 6.45) is 4.34. The number of carbonyl (C=O) groups is 3. The highest BCUT2D eigenvalue weighted by atomic mass is 35.5. The summed E-state index contributed by atoms with van der Waals surface area (Å²) in [5.74, 6) is -1.04. The van der Waals surface area contributed by atoms with E-state index in [2.05, 4.69) is 5.32 Å². The van der Waals surface area contributed by atoms with E-state index in [0.29, 0.717) is 17.9 Å². The molecule has 240 valence electrons. The molecule has 2 N–H and O–H groups in total. The minimum atomic E-state index is -1.77. The molecule has 0 aromatic heterocycles. The van der Waals surface area contributed by atoms with E-state index in [9.17, 15) is 19.5 Å². The number of esters is 1. The number of benzene rings is 1. The number of anilines is 1. The van der Waals surface area contributed by atoms with E-state index in [-0.39, 0.29) is 23.8 Å². The minimum Gasteiger partial charge on any atom is -0.495 e. The zero-order valence-electron chi connectivity index (χ0n) is 26.1. The van der Waals surface area contributed by atoms with Crippen LogP contribution in [-0.2, 0) is 35.0 Å². The van der Waals surface area contributed by atoms with Crippen molar-refractivity contribution in [3.63, 3.8) is 0 Å². The van der Waals surface area contributed by atoms with Crippen LogP contribution in [0.25, 0.3) is 0 Å². The molecule has 12 heteroatoms. The molecule has 11 nitrogen and oxygen atoms in total. The van der Waals surface area contributed by atoms with Crippen LogP contribution in [0.3, 0.4) is 0 Å². The van der Waals surface area contributed by atoms with Gasteiger partial charge in [-0.15, -0.1) is 0 Å². The molecule has 2 saturated heterocycles. The largest absolute Gasteiger partial charge is 0.495 e. The van der Waals surface area contributed by atoms with Gasteiger partial charge in [0.1, 0.15) is 34.7 Å². The number of nitrogens with zero attached hydrogens (tertiary/aromatic N) is 1. The molecule has 0 radical (unpaired) electrons. The lowest BCUT2D eigenvalue weighted by atomic mass is 9.83. The average molecular weight is 633 g/mol. The van der Waals surface area contributed by atoms with E-state index >= 15 is 0 Å². The maximum Gasteiger partial charge on any atom is 0.409 e. The molecule has 0 saturated carbocycles. The second kappa shape index (κ2) is 13.3. The maximum absolute atomic E-state index is 13.8. The number of alkyl carbamates (subject to hydrolysis) is 1. The Hall–Kier alpha value is -3.38. The van der Waals surface area contributed by atoms with Crippen LogP contribution in [-0.4, -0.2) is 80.1 Å². The van der Waals surface area contributed by atoms with E-state index in [1.165, 1.54) is 25.2 Å². The van der Waals surface area contributed by atoms with Crippen LogP contribution in [0.4, 0.5) is 10.5 Å². The molecule has 3 aliphatic rings. The van der Waals surface area contributed by atoms with Crippen molar-refractivity contribution in [1.29, 1.82) is 0 Å². The van der Waals surface area contributed by atoms with Crippen molar-refractivity contribution in [3.05, 3.63) is 58.7 Å². The Morgan fingerprint density at radius 1 is 1.27 bits per heavy atom. The van der Waals surface area contributed by atoms with Gasteiger partial charge in [0.15, 0.2) is 5.72 Å². The lowest BCUT2D eigenvalue weighted by Gasteiger charge is -2.42. The van der Waals surface area contributed by atoms with Crippen LogP contribution in [0.5, 0.6) is 5.75 Å². The number of amides is 2. The fourth-order valence-electron chi connectivity index (χ4n) is 5.92. The van der Waals surface area contributed by atoms with Crippen molar-refractivity contribution < 1.29 is 43.2 Å². The number of hydrogen-bond acceptors (Lipinski definition) is 9. The van der Waals surface area contributed by atoms with Crippen LogP contribution in [0.15, 0.2) is 48.1 Å². The average Bonchev–Trinajstić information content (AvgIpc) is 3.66.